The summed E-state index contributed by atoms with van der Waals surface area (Å²) < 4.78 is 37.2. The Hall–Kier alpha value is -3.52. The van der Waals surface area contributed by atoms with Crippen molar-refractivity contribution < 1.29 is 27.6 Å². The van der Waals surface area contributed by atoms with E-state index in [4.69, 9.17) is 9.84 Å². The van der Waals surface area contributed by atoms with Gasteiger partial charge in [-0.2, -0.15) is 13.5 Å². The van der Waals surface area contributed by atoms with Crippen molar-refractivity contribution >= 4 is 44.1 Å². The van der Waals surface area contributed by atoms with Crippen LogP contribution in [0.4, 0.5) is 10.8 Å². The second kappa shape index (κ2) is 8.78. The summed E-state index contributed by atoms with van der Waals surface area (Å²) in [5.74, 6) is -0.265. The molecule has 0 bridgehead atoms. The molecule has 0 atom stereocenters. The van der Waals surface area contributed by atoms with Crippen molar-refractivity contribution in [2.75, 3.05) is 16.7 Å². The molecule has 0 fully saturated rings. The Labute approximate surface area is 193 Å². The zero-order valence-electron chi connectivity index (χ0n) is 17.5. The fourth-order valence-electron chi connectivity index (χ4n) is 2.92. The summed E-state index contributed by atoms with van der Waals surface area (Å²) in [6.07, 6.45) is 0. The third-order valence-electron chi connectivity index (χ3n) is 4.64. The summed E-state index contributed by atoms with van der Waals surface area (Å²) in [5, 5.41) is 17.2. The molecule has 0 saturated carbocycles. The number of hydrogen-bond donors (Lipinski definition) is 3. The number of aromatic nitrogens is 1. The van der Waals surface area contributed by atoms with Crippen LogP contribution in [0.5, 0.6) is 5.75 Å². The quantitative estimate of drug-likeness (QED) is 0.423. The van der Waals surface area contributed by atoms with Crippen LogP contribution in [0.2, 0.25) is 0 Å². The van der Waals surface area contributed by atoms with Gasteiger partial charge in [-0.05, 0) is 50.2 Å². The maximum atomic E-state index is 11.3. The molecule has 11 nitrogen and oxygen atoms in total. The van der Waals surface area contributed by atoms with E-state index in [1.165, 1.54) is 40.7 Å². The van der Waals surface area contributed by atoms with Crippen LogP contribution in [0.1, 0.15) is 16.1 Å². The van der Waals surface area contributed by atoms with Gasteiger partial charge in [-0.1, -0.05) is 12.1 Å². The van der Waals surface area contributed by atoms with Crippen molar-refractivity contribution in [2.24, 2.45) is 5.10 Å². The number of carboxylic acid groups (broad SMARTS) is 1. The average molecular weight is 490 g/mol. The molecule has 0 saturated heterocycles. The maximum Gasteiger partial charge on any atom is 0.341 e. The van der Waals surface area contributed by atoms with Crippen LogP contribution in [0.25, 0.3) is 0 Å². The highest BCUT2D eigenvalue weighted by atomic mass is 32.2. The summed E-state index contributed by atoms with van der Waals surface area (Å²) in [7, 11) is -4.32. The first kappa shape index (κ1) is 22.7. The first-order valence-electron chi connectivity index (χ1n) is 9.53. The van der Waals surface area contributed by atoms with Crippen LogP contribution in [-0.4, -0.2) is 41.5 Å². The number of aryl methyl sites for hydroxylation is 2. The summed E-state index contributed by atoms with van der Waals surface area (Å²) in [4.78, 5) is 16.2. The van der Waals surface area contributed by atoms with Crippen LogP contribution in [-0.2, 0) is 14.9 Å². The van der Waals surface area contributed by atoms with Crippen LogP contribution >= 0.6 is 11.3 Å². The molecular weight excluding hydrogens is 470 g/mol. The Morgan fingerprint density at radius 2 is 1.91 bits per heavy atom. The van der Waals surface area contributed by atoms with Crippen molar-refractivity contribution in [3.8, 4) is 5.75 Å². The van der Waals surface area contributed by atoms with Crippen molar-refractivity contribution in [1.29, 1.82) is 0 Å². The molecule has 1 aromatic heterocycles. The maximum absolute atomic E-state index is 11.3. The normalized spacial score (nSPS) is 13.8. The van der Waals surface area contributed by atoms with Gasteiger partial charge in [-0.3, -0.25) is 4.55 Å². The number of hydrazine groups is 2. The van der Waals surface area contributed by atoms with E-state index >= 15 is 0 Å². The van der Waals surface area contributed by atoms with Crippen LogP contribution in [0.3, 0.4) is 0 Å². The van der Waals surface area contributed by atoms with Crippen LogP contribution < -0.4 is 20.4 Å². The molecule has 1 aliphatic heterocycles. The number of nitrogens with one attached hydrogen (secondary N) is 1. The van der Waals surface area contributed by atoms with Gasteiger partial charge in [0.2, 0.25) is 5.13 Å². The Morgan fingerprint density at radius 1 is 1.18 bits per heavy atom. The monoisotopic (exact) mass is 489 g/mol. The number of hydrazone groups is 1. The number of aliphatic carboxylic acids is 1. The number of carbonyl (C=O) groups is 1. The van der Waals surface area contributed by atoms with Crippen molar-refractivity contribution in [3.05, 3.63) is 64.7 Å². The minimum Gasteiger partial charge on any atom is -0.482 e. The third kappa shape index (κ3) is 4.96. The molecule has 0 unspecified atom stereocenters. The molecule has 172 valence electrons. The smallest absolute Gasteiger partial charge is 0.341 e. The predicted molar refractivity (Wildman–Crippen MR) is 122 cm³/mol. The number of benzene rings is 2. The number of anilines is 2. The van der Waals surface area contributed by atoms with Gasteiger partial charge in [0, 0.05) is 10.4 Å². The topological polar surface area (TPSA) is 145 Å². The highest BCUT2D eigenvalue weighted by Gasteiger charge is 2.29. The fraction of sp³-hybridized carbons (Fsp3) is 0.150. The summed E-state index contributed by atoms with van der Waals surface area (Å²) >= 11 is 1.45. The van der Waals surface area contributed by atoms with E-state index in [1.807, 2.05) is 13.8 Å². The Morgan fingerprint density at radius 3 is 2.52 bits per heavy atom. The molecular formula is C20H19N5O6S2. The van der Waals surface area contributed by atoms with Crippen molar-refractivity contribution in [1.82, 2.24) is 10.5 Å². The van der Waals surface area contributed by atoms with Gasteiger partial charge in [0.05, 0.1) is 16.3 Å². The zero-order chi connectivity index (χ0) is 23.8. The summed E-state index contributed by atoms with van der Waals surface area (Å²) in [6.45, 7) is 3.37. The minimum atomic E-state index is -4.32. The van der Waals surface area contributed by atoms with E-state index in [0.29, 0.717) is 28.0 Å². The largest absolute Gasteiger partial charge is 0.482 e. The molecule has 1 aliphatic rings. The zero-order valence-corrected chi connectivity index (χ0v) is 19.1. The Bertz CT molecular complexity index is 1320. The van der Waals surface area contributed by atoms with Gasteiger partial charge >= 0.3 is 5.97 Å². The van der Waals surface area contributed by atoms with Crippen LogP contribution in [0.15, 0.2) is 58.5 Å². The highest BCUT2D eigenvalue weighted by Crippen LogP contribution is 2.30. The lowest BCUT2D eigenvalue weighted by molar-refractivity contribution is -0.139. The first-order chi connectivity index (χ1) is 15.6. The molecule has 0 spiro atoms. The molecule has 33 heavy (non-hydrogen) atoms. The number of ether oxygens (including phenoxy) is 1. The van der Waals surface area contributed by atoms with E-state index in [-0.39, 0.29) is 4.90 Å². The number of hydrogen-bond acceptors (Lipinski definition) is 10. The highest BCUT2D eigenvalue weighted by molar-refractivity contribution is 7.85. The van der Waals surface area contributed by atoms with Gasteiger partial charge in [0.25, 0.3) is 10.1 Å². The van der Waals surface area contributed by atoms with Gasteiger partial charge in [-0.15, -0.1) is 22.0 Å². The van der Waals surface area contributed by atoms with Gasteiger partial charge < -0.3 is 9.84 Å². The molecule has 13 heteroatoms. The van der Waals surface area contributed by atoms with Gasteiger partial charge in [0.1, 0.15) is 5.75 Å². The molecule has 2 aromatic carbocycles. The van der Waals surface area contributed by atoms with E-state index in [1.54, 1.807) is 29.3 Å². The number of nitrogens with zero attached hydrogens (tertiary/aromatic N) is 4. The fourth-order valence-corrected chi connectivity index (χ4v) is 4.27. The number of thiazole rings is 1. The average Bonchev–Trinajstić information content (AvgIpc) is 3.36. The lowest BCUT2D eigenvalue weighted by atomic mass is 10.2. The molecule has 0 aliphatic carbocycles. The van der Waals surface area contributed by atoms with E-state index in [0.717, 1.165) is 10.6 Å². The number of carboxylic acids is 1. The predicted octanol–water partition coefficient (Wildman–Crippen LogP) is 2.58. The molecule has 3 aromatic rings. The molecule has 0 radical (unpaired) electrons. The van der Waals surface area contributed by atoms with E-state index in [2.05, 4.69) is 15.6 Å². The SMILES string of the molecule is Cc1nc(N2NN(c3ccc(S(=O)(=O)O)cc3)N=C2c2cccc(OCC(=O)O)c2)sc1C. The third-order valence-corrected chi connectivity index (χ3v) is 6.57. The molecule has 4 rings (SSSR count). The molecule has 3 N–H and O–H groups in total. The van der Waals surface area contributed by atoms with Gasteiger partial charge in [-0.25, -0.2) is 14.8 Å². The van der Waals surface area contributed by atoms with Crippen molar-refractivity contribution in [3.63, 3.8) is 0 Å². The van der Waals surface area contributed by atoms with Gasteiger partial charge in [0.15, 0.2) is 12.4 Å². The molecule has 2 heterocycles. The standard InChI is InChI=1S/C20H19N5O6S2/c1-12-13(2)32-20(21-12)24-19(14-4-3-5-16(10-14)31-11-18(26)27)22-25(23-24)15-6-8-17(9-7-15)33(28,29)30/h3-10,23H,11H2,1-2H3,(H,26,27)(H,28,29,30). The van der Waals surface area contributed by atoms with E-state index < -0.39 is 22.7 Å². The van der Waals surface area contributed by atoms with Crippen molar-refractivity contribution in [2.45, 2.75) is 18.7 Å². The number of amidine groups is 1. The Balaban J connectivity index is 1.71. The lowest BCUT2D eigenvalue weighted by Crippen LogP contribution is -2.43. The Kier molecular flexibility index (Phi) is 6.03. The number of rotatable bonds is 7. The second-order valence-corrected chi connectivity index (χ2v) is 9.59. The summed E-state index contributed by atoms with van der Waals surface area (Å²) in [6, 6.07) is 12.3. The minimum absolute atomic E-state index is 0.235. The van der Waals surface area contributed by atoms with E-state index in [9.17, 15) is 17.8 Å². The molecule has 0 amide bonds. The lowest BCUT2D eigenvalue weighted by Gasteiger charge is -2.20. The first-order valence-corrected chi connectivity index (χ1v) is 11.8. The second-order valence-electron chi connectivity index (χ2n) is 6.99. The summed E-state index contributed by atoms with van der Waals surface area (Å²) in [5.41, 5.74) is 5.11. The van der Waals surface area contributed by atoms with Crippen LogP contribution in [0, 0.1) is 13.8 Å².